The zero-order chi connectivity index (χ0) is 19.9. The third-order valence-electron chi connectivity index (χ3n) is 4.30. The molecular formula is C22H24N4O2. The van der Waals surface area contributed by atoms with E-state index in [4.69, 9.17) is 4.74 Å². The van der Waals surface area contributed by atoms with Crippen LogP contribution in [0.25, 0.3) is 0 Å². The number of hydrogen-bond donors (Lipinski definition) is 1. The Labute approximate surface area is 165 Å². The van der Waals surface area contributed by atoms with Crippen LogP contribution in [0, 0.1) is 6.92 Å². The molecule has 0 atom stereocenters. The minimum Gasteiger partial charge on any atom is -0.465 e. The van der Waals surface area contributed by atoms with Gasteiger partial charge >= 0.3 is 5.97 Å². The Morgan fingerprint density at radius 2 is 1.86 bits per heavy atom. The van der Waals surface area contributed by atoms with Crippen molar-refractivity contribution >= 4 is 23.4 Å². The zero-order valence-corrected chi connectivity index (χ0v) is 16.3. The van der Waals surface area contributed by atoms with Crippen LogP contribution in [0.5, 0.6) is 0 Å². The molecule has 28 heavy (non-hydrogen) atoms. The summed E-state index contributed by atoms with van der Waals surface area (Å²) in [7, 11) is 1.37. The molecule has 1 N–H and O–H groups in total. The van der Waals surface area contributed by atoms with Gasteiger partial charge in [0.15, 0.2) is 0 Å². The van der Waals surface area contributed by atoms with Crippen LogP contribution in [0.2, 0.25) is 0 Å². The summed E-state index contributed by atoms with van der Waals surface area (Å²) in [6.07, 6.45) is 0. The van der Waals surface area contributed by atoms with Crippen LogP contribution < -0.4 is 10.2 Å². The van der Waals surface area contributed by atoms with Gasteiger partial charge < -0.3 is 15.0 Å². The minimum atomic E-state index is -0.380. The number of ether oxygens (including phenoxy) is 1. The third-order valence-corrected chi connectivity index (χ3v) is 4.30. The SMILES string of the molecule is CCN(Cc1ccccc1)c1cc(C)nc(Nc2cccc(C(=O)OC)c2)n1. The van der Waals surface area contributed by atoms with Crippen molar-refractivity contribution in [1.29, 1.82) is 0 Å². The number of methoxy groups -OCH3 is 1. The molecule has 3 aromatic rings. The Bertz CT molecular complexity index is 944. The minimum absolute atomic E-state index is 0.380. The molecule has 2 aromatic carbocycles. The highest BCUT2D eigenvalue weighted by Gasteiger charge is 2.11. The maximum atomic E-state index is 11.7. The van der Waals surface area contributed by atoms with Crippen molar-refractivity contribution in [2.45, 2.75) is 20.4 Å². The first-order valence-electron chi connectivity index (χ1n) is 9.19. The van der Waals surface area contributed by atoms with Gasteiger partial charge in [0.05, 0.1) is 12.7 Å². The summed E-state index contributed by atoms with van der Waals surface area (Å²) in [6.45, 7) is 5.64. The summed E-state index contributed by atoms with van der Waals surface area (Å²) < 4.78 is 4.78. The van der Waals surface area contributed by atoms with E-state index in [0.717, 1.165) is 30.3 Å². The van der Waals surface area contributed by atoms with Gasteiger partial charge in [-0.25, -0.2) is 9.78 Å². The maximum Gasteiger partial charge on any atom is 0.337 e. The van der Waals surface area contributed by atoms with Crippen LogP contribution in [0.15, 0.2) is 60.7 Å². The van der Waals surface area contributed by atoms with Gasteiger partial charge in [-0.1, -0.05) is 36.4 Å². The molecule has 0 aliphatic heterocycles. The second-order valence-corrected chi connectivity index (χ2v) is 6.39. The highest BCUT2D eigenvalue weighted by molar-refractivity contribution is 5.90. The normalized spacial score (nSPS) is 10.4. The first-order valence-corrected chi connectivity index (χ1v) is 9.19. The smallest absolute Gasteiger partial charge is 0.337 e. The van der Waals surface area contributed by atoms with E-state index in [1.54, 1.807) is 18.2 Å². The molecule has 3 rings (SSSR count). The summed E-state index contributed by atoms with van der Waals surface area (Å²) in [5, 5.41) is 3.19. The summed E-state index contributed by atoms with van der Waals surface area (Å²) in [5.41, 5.74) is 3.29. The van der Waals surface area contributed by atoms with E-state index in [2.05, 4.69) is 39.2 Å². The van der Waals surface area contributed by atoms with Crippen LogP contribution in [-0.4, -0.2) is 29.6 Å². The van der Waals surface area contributed by atoms with Crippen molar-refractivity contribution < 1.29 is 9.53 Å². The zero-order valence-electron chi connectivity index (χ0n) is 16.3. The second-order valence-electron chi connectivity index (χ2n) is 6.39. The van der Waals surface area contributed by atoms with Crippen LogP contribution >= 0.6 is 0 Å². The molecule has 0 amide bonds. The number of nitrogens with one attached hydrogen (secondary N) is 1. The van der Waals surface area contributed by atoms with Crippen LogP contribution in [0.4, 0.5) is 17.5 Å². The largest absolute Gasteiger partial charge is 0.465 e. The number of carbonyl (C=O) groups excluding carboxylic acids is 1. The maximum absolute atomic E-state index is 11.7. The summed E-state index contributed by atoms with van der Waals surface area (Å²) in [6, 6.07) is 19.4. The number of rotatable bonds is 7. The number of aryl methyl sites for hydroxylation is 1. The Morgan fingerprint density at radius 3 is 2.57 bits per heavy atom. The number of esters is 1. The number of hydrogen-bond acceptors (Lipinski definition) is 6. The monoisotopic (exact) mass is 376 g/mol. The van der Waals surface area contributed by atoms with Crippen molar-refractivity contribution in [1.82, 2.24) is 9.97 Å². The Kier molecular flexibility index (Phi) is 6.22. The molecule has 0 fully saturated rings. The lowest BCUT2D eigenvalue weighted by Gasteiger charge is -2.23. The Balaban J connectivity index is 1.84. The highest BCUT2D eigenvalue weighted by atomic mass is 16.5. The van der Waals surface area contributed by atoms with Gasteiger partial charge in [-0.2, -0.15) is 4.98 Å². The molecule has 0 radical (unpaired) electrons. The van der Waals surface area contributed by atoms with Crippen molar-refractivity contribution in [2.75, 3.05) is 23.9 Å². The molecule has 6 nitrogen and oxygen atoms in total. The molecule has 144 valence electrons. The lowest BCUT2D eigenvalue weighted by molar-refractivity contribution is 0.0601. The molecule has 6 heteroatoms. The summed E-state index contributed by atoms with van der Waals surface area (Å²) in [4.78, 5) is 23.1. The highest BCUT2D eigenvalue weighted by Crippen LogP contribution is 2.21. The number of carbonyl (C=O) groups is 1. The Hall–Kier alpha value is -3.41. The average Bonchev–Trinajstić information content (AvgIpc) is 2.72. The van der Waals surface area contributed by atoms with Crippen molar-refractivity contribution in [3.05, 3.63) is 77.5 Å². The molecule has 0 spiro atoms. The van der Waals surface area contributed by atoms with Gasteiger partial charge in [-0.15, -0.1) is 0 Å². The lowest BCUT2D eigenvalue weighted by Crippen LogP contribution is -2.23. The average molecular weight is 376 g/mol. The summed E-state index contributed by atoms with van der Waals surface area (Å²) >= 11 is 0. The van der Waals surface area contributed by atoms with E-state index in [1.165, 1.54) is 12.7 Å². The number of benzene rings is 2. The molecule has 0 aliphatic rings. The van der Waals surface area contributed by atoms with E-state index in [9.17, 15) is 4.79 Å². The fraction of sp³-hybridized carbons (Fsp3) is 0.227. The van der Waals surface area contributed by atoms with Gasteiger partial charge in [0.2, 0.25) is 5.95 Å². The predicted molar refractivity (Wildman–Crippen MR) is 111 cm³/mol. The molecule has 0 saturated heterocycles. The number of anilines is 3. The van der Waals surface area contributed by atoms with Gasteiger partial charge in [0.25, 0.3) is 0 Å². The van der Waals surface area contributed by atoms with E-state index in [1.807, 2.05) is 37.3 Å². The third kappa shape index (κ3) is 4.85. The van der Waals surface area contributed by atoms with Gasteiger partial charge in [-0.05, 0) is 37.6 Å². The topological polar surface area (TPSA) is 67.4 Å². The molecule has 0 unspecified atom stereocenters. The lowest BCUT2D eigenvalue weighted by atomic mass is 10.2. The first-order chi connectivity index (χ1) is 13.6. The number of nitrogens with zero attached hydrogens (tertiary/aromatic N) is 3. The fourth-order valence-corrected chi connectivity index (χ4v) is 2.90. The fourth-order valence-electron chi connectivity index (χ4n) is 2.90. The first kappa shape index (κ1) is 19.4. The van der Waals surface area contributed by atoms with Crippen molar-refractivity contribution in [3.63, 3.8) is 0 Å². The molecule has 1 aromatic heterocycles. The molecular weight excluding hydrogens is 352 g/mol. The molecule has 0 saturated carbocycles. The quantitative estimate of drug-likeness (QED) is 0.619. The standard InChI is InChI=1S/C22H24N4O2/c1-4-26(15-17-9-6-5-7-10-17)20-13-16(2)23-22(25-20)24-19-12-8-11-18(14-19)21(27)28-3/h5-14H,4,15H2,1-3H3,(H,23,24,25). The van der Waals surface area contributed by atoms with Gasteiger partial charge in [0, 0.05) is 30.5 Å². The van der Waals surface area contributed by atoms with E-state index >= 15 is 0 Å². The number of aromatic nitrogens is 2. The van der Waals surface area contributed by atoms with Crippen molar-refractivity contribution in [2.24, 2.45) is 0 Å². The van der Waals surface area contributed by atoms with Crippen LogP contribution in [-0.2, 0) is 11.3 Å². The van der Waals surface area contributed by atoms with E-state index in [-0.39, 0.29) is 5.97 Å². The molecule has 0 bridgehead atoms. The van der Waals surface area contributed by atoms with Crippen LogP contribution in [0.3, 0.4) is 0 Å². The van der Waals surface area contributed by atoms with Crippen LogP contribution in [0.1, 0.15) is 28.5 Å². The van der Waals surface area contributed by atoms with Crippen molar-refractivity contribution in [3.8, 4) is 0 Å². The van der Waals surface area contributed by atoms with Gasteiger partial charge in [0.1, 0.15) is 5.82 Å². The molecule has 0 aliphatic carbocycles. The van der Waals surface area contributed by atoms with E-state index < -0.39 is 0 Å². The summed E-state index contributed by atoms with van der Waals surface area (Å²) in [5.74, 6) is 0.962. The van der Waals surface area contributed by atoms with Gasteiger partial charge in [-0.3, -0.25) is 0 Å². The second kappa shape index (κ2) is 8.99. The predicted octanol–water partition coefficient (Wildman–Crippen LogP) is 4.34. The Morgan fingerprint density at radius 1 is 1.07 bits per heavy atom. The molecule has 1 heterocycles. The van der Waals surface area contributed by atoms with E-state index in [0.29, 0.717) is 11.5 Å².